The molecule has 9 N–H and O–H groups in total. The molecule has 0 saturated carbocycles. The van der Waals surface area contributed by atoms with Gasteiger partial charge in [0.2, 0.25) is 23.6 Å². The van der Waals surface area contributed by atoms with Crippen molar-refractivity contribution in [2.45, 2.75) is 38.4 Å². The number of carbonyl (C=O) groups excluding carboxylic acids is 4. The van der Waals surface area contributed by atoms with Crippen LogP contribution in [0.4, 0.5) is 0 Å². The fourth-order valence-electron chi connectivity index (χ4n) is 1.85. The Labute approximate surface area is 149 Å². The summed E-state index contributed by atoms with van der Waals surface area (Å²) in [6.45, 7) is 1.76. The first kappa shape index (κ1) is 23.3. The summed E-state index contributed by atoms with van der Waals surface area (Å²) in [6, 6.07) is -3.75. The molecule has 0 rings (SSSR count). The van der Waals surface area contributed by atoms with Gasteiger partial charge < -0.3 is 37.6 Å². The van der Waals surface area contributed by atoms with Crippen molar-refractivity contribution >= 4 is 29.6 Å². The third-order valence-corrected chi connectivity index (χ3v) is 3.23. The monoisotopic (exact) mass is 375 g/mol. The van der Waals surface area contributed by atoms with Crippen molar-refractivity contribution in [3.8, 4) is 0 Å². The predicted octanol–water partition coefficient (Wildman–Crippen LogP) is -3.99. The van der Waals surface area contributed by atoms with E-state index in [1.165, 1.54) is 0 Å². The molecular weight excluding hydrogens is 350 g/mol. The van der Waals surface area contributed by atoms with E-state index in [2.05, 4.69) is 10.6 Å². The van der Waals surface area contributed by atoms with E-state index in [0.29, 0.717) is 0 Å². The van der Waals surface area contributed by atoms with Crippen molar-refractivity contribution in [1.82, 2.24) is 16.0 Å². The summed E-state index contributed by atoms with van der Waals surface area (Å²) >= 11 is 0. The zero-order valence-corrected chi connectivity index (χ0v) is 14.5. The number of hydrogen-bond acceptors (Lipinski definition) is 7. The van der Waals surface area contributed by atoms with Gasteiger partial charge in [0, 0.05) is 0 Å². The number of carboxylic acid groups (broad SMARTS) is 1. The molecule has 0 aromatic carbocycles. The van der Waals surface area contributed by atoms with Crippen molar-refractivity contribution in [3.05, 3.63) is 0 Å². The lowest BCUT2D eigenvalue weighted by molar-refractivity contribution is -0.139. The van der Waals surface area contributed by atoms with Crippen molar-refractivity contribution < 1.29 is 34.2 Å². The number of carbonyl (C=O) groups is 5. The Kier molecular flexibility index (Phi) is 9.84. The van der Waals surface area contributed by atoms with Crippen LogP contribution in [0.5, 0.6) is 0 Å². The van der Waals surface area contributed by atoms with E-state index in [0.717, 1.165) is 0 Å². The van der Waals surface area contributed by atoms with Crippen molar-refractivity contribution in [1.29, 1.82) is 0 Å². The summed E-state index contributed by atoms with van der Waals surface area (Å²) in [6.07, 6.45) is -0.408. The number of hydrogen-bond donors (Lipinski definition) is 7. The van der Waals surface area contributed by atoms with E-state index in [1.54, 1.807) is 13.8 Å². The zero-order valence-electron chi connectivity index (χ0n) is 14.5. The second kappa shape index (κ2) is 11.0. The molecule has 0 heterocycles. The van der Waals surface area contributed by atoms with Crippen LogP contribution in [0.15, 0.2) is 0 Å². The number of nitrogens with one attached hydrogen (secondary N) is 3. The fraction of sp³-hybridized carbons (Fsp3) is 0.643. The van der Waals surface area contributed by atoms with E-state index in [9.17, 15) is 29.1 Å². The summed E-state index contributed by atoms with van der Waals surface area (Å²) < 4.78 is 0. The molecule has 4 amide bonds. The molecule has 0 bridgehead atoms. The second-order valence-electron chi connectivity index (χ2n) is 5.86. The Morgan fingerprint density at radius 3 is 2.00 bits per heavy atom. The number of aliphatic carboxylic acids is 1. The molecule has 0 saturated heterocycles. The van der Waals surface area contributed by atoms with Gasteiger partial charge in [-0.25, -0.2) is 0 Å². The molecule has 0 radical (unpaired) electrons. The smallest absolute Gasteiger partial charge is 0.322 e. The van der Waals surface area contributed by atoms with Gasteiger partial charge in [0.15, 0.2) is 0 Å². The molecule has 3 atom stereocenters. The Hall–Kier alpha value is -2.73. The topological polar surface area (TPSA) is 214 Å². The molecule has 0 aromatic rings. The number of amides is 4. The maximum Gasteiger partial charge on any atom is 0.322 e. The average Bonchev–Trinajstić information content (AvgIpc) is 2.53. The zero-order chi connectivity index (χ0) is 20.4. The van der Waals surface area contributed by atoms with Gasteiger partial charge in [0.1, 0.15) is 18.6 Å². The maximum atomic E-state index is 12.3. The van der Waals surface area contributed by atoms with Crippen LogP contribution >= 0.6 is 0 Å². The van der Waals surface area contributed by atoms with Gasteiger partial charge in [-0.2, -0.15) is 0 Å². The van der Waals surface area contributed by atoms with Crippen LogP contribution in [0.2, 0.25) is 0 Å². The molecular formula is C14H25N5O7. The van der Waals surface area contributed by atoms with E-state index in [1.807, 2.05) is 5.32 Å². The third-order valence-electron chi connectivity index (χ3n) is 3.23. The number of carboxylic acids is 1. The van der Waals surface area contributed by atoms with Crippen molar-refractivity contribution in [2.75, 3.05) is 13.2 Å². The standard InChI is InChI=1S/C14H25N5O7/c1-6(2)11(19-12(24)7(15)3-9(16)21)14(26)18-8(5-20)13(25)17-4-10(22)23/h6-8,11,20H,3-5,15H2,1-2H3,(H2,16,21)(H,17,25)(H,18,26)(H,19,24)(H,22,23). The highest BCUT2D eigenvalue weighted by atomic mass is 16.4. The summed E-state index contributed by atoms with van der Waals surface area (Å²) in [7, 11) is 0. The molecule has 26 heavy (non-hydrogen) atoms. The van der Waals surface area contributed by atoms with Crippen LogP contribution in [0, 0.1) is 5.92 Å². The second-order valence-corrected chi connectivity index (χ2v) is 5.86. The highest BCUT2D eigenvalue weighted by molar-refractivity contribution is 5.94. The fourth-order valence-corrected chi connectivity index (χ4v) is 1.85. The van der Waals surface area contributed by atoms with Gasteiger partial charge >= 0.3 is 5.97 Å². The van der Waals surface area contributed by atoms with Gasteiger partial charge in [-0.1, -0.05) is 13.8 Å². The number of aliphatic hydroxyl groups excluding tert-OH is 1. The molecule has 148 valence electrons. The largest absolute Gasteiger partial charge is 0.480 e. The Morgan fingerprint density at radius 2 is 1.58 bits per heavy atom. The molecule has 12 heteroatoms. The average molecular weight is 375 g/mol. The molecule has 0 fully saturated rings. The minimum absolute atomic E-state index is 0.408. The lowest BCUT2D eigenvalue weighted by atomic mass is 10.0. The Bertz CT molecular complexity index is 552. The van der Waals surface area contributed by atoms with E-state index in [4.69, 9.17) is 16.6 Å². The Morgan fingerprint density at radius 1 is 1.00 bits per heavy atom. The number of aliphatic hydroxyl groups is 1. The van der Waals surface area contributed by atoms with Crippen LogP contribution in [0.1, 0.15) is 20.3 Å². The van der Waals surface area contributed by atoms with Crippen LogP contribution in [-0.4, -0.2) is 71.1 Å². The summed E-state index contributed by atoms with van der Waals surface area (Å²) in [5, 5.41) is 24.3. The summed E-state index contributed by atoms with van der Waals surface area (Å²) in [5.41, 5.74) is 10.5. The number of rotatable bonds is 11. The normalized spacial score (nSPS) is 14.0. The van der Waals surface area contributed by atoms with Gasteiger partial charge in [0.05, 0.1) is 19.1 Å². The van der Waals surface area contributed by atoms with Gasteiger partial charge in [-0.05, 0) is 5.92 Å². The number of primary amides is 1. The summed E-state index contributed by atoms with van der Waals surface area (Å²) in [4.78, 5) is 57.3. The van der Waals surface area contributed by atoms with Crippen LogP contribution in [-0.2, 0) is 24.0 Å². The lowest BCUT2D eigenvalue weighted by Crippen LogP contribution is -2.58. The predicted molar refractivity (Wildman–Crippen MR) is 88.2 cm³/mol. The maximum absolute atomic E-state index is 12.3. The van der Waals surface area contributed by atoms with Crippen molar-refractivity contribution in [3.63, 3.8) is 0 Å². The molecule has 0 aliphatic rings. The molecule has 3 unspecified atom stereocenters. The third kappa shape index (κ3) is 8.39. The van der Waals surface area contributed by atoms with Crippen molar-refractivity contribution in [2.24, 2.45) is 17.4 Å². The Balaban J connectivity index is 4.94. The lowest BCUT2D eigenvalue weighted by Gasteiger charge is -2.25. The highest BCUT2D eigenvalue weighted by Gasteiger charge is 2.30. The first-order chi connectivity index (χ1) is 12.0. The SMILES string of the molecule is CC(C)C(NC(=O)C(N)CC(N)=O)C(=O)NC(CO)C(=O)NCC(=O)O. The molecule has 0 aliphatic heterocycles. The first-order valence-electron chi connectivity index (χ1n) is 7.74. The minimum atomic E-state index is -1.40. The number of nitrogens with two attached hydrogens (primary N) is 2. The first-order valence-corrected chi connectivity index (χ1v) is 7.74. The van der Waals surface area contributed by atoms with E-state index < -0.39 is 73.2 Å². The molecule has 0 spiro atoms. The van der Waals surface area contributed by atoms with Gasteiger partial charge in [-0.3, -0.25) is 24.0 Å². The van der Waals surface area contributed by atoms with Crippen LogP contribution in [0.25, 0.3) is 0 Å². The molecule has 0 aromatic heterocycles. The van der Waals surface area contributed by atoms with Gasteiger partial charge in [-0.15, -0.1) is 0 Å². The van der Waals surface area contributed by atoms with E-state index in [-0.39, 0.29) is 0 Å². The molecule has 0 aliphatic carbocycles. The van der Waals surface area contributed by atoms with E-state index >= 15 is 0 Å². The highest BCUT2D eigenvalue weighted by Crippen LogP contribution is 2.04. The minimum Gasteiger partial charge on any atom is -0.480 e. The quantitative estimate of drug-likeness (QED) is 0.188. The van der Waals surface area contributed by atoms with Gasteiger partial charge in [0.25, 0.3) is 0 Å². The van der Waals surface area contributed by atoms with Crippen LogP contribution in [0.3, 0.4) is 0 Å². The van der Waals surface area contributed by atoms with Crippen LogP contribution < -0.4 is 27.4 Å². The summed E-state index contributed by atoms with van der Waals surface area (Å²) in [5.74, 6) is -4.97. The molecule has 12 nitrogen and oxygen atoms in total.